The van der Waals surface area contributed by atoms with Crippen LogP contribution in [0.4, 0.5) is 0 Å². The van der Waals surface area contributed by atoms with E-state index in [1.165, 1.54) is 13.2 Å². The van der Waals surface area contributed by atoms with Crippen LogP contribution in [-0.2, 0) is 14.0 Å². The van der Waals surface area contributed by atoms with E-state index in [2.05, 4.69) is 44.8 Å². The third-order valence-corrected chi connectivity index (χ3v) is 9.95. The second-order valence-corrected chi connectivity index (χ2v) is 13.3. The van der Waals surface area contributed by atoms with E-state index in [9.17, 15) is 10.1 Å². The number of carbonyl (C=O) groups is 1. The van der Waals surface area contributed by atoms with Crippen molar-refractivity contribution in [1.82, 2.24) is 4.90 Å². The minimum absolute atomic E-state index is 0.0701. The predicted octanol–water partition coefficient (Wildman–Crippen LogP) is 5.04. The molecule has 0 saturated carbocycles. The molecule has 0 fully saturated rings. The van der Waals surface area contributed by atoms with Crippen LogP contribution in [0, 0.1) is 11.5 Å². The Morgan fingerprint density at radius 1 is 1.29 bits per heavy atom. The highest BCUT2D eigenvalue weighted by molar-refractivity contribution is 6.74. The Labute approximate surface area is 171 Å². The first-order valence-corrected chi connectivity index (χ1v) is 12.5. The van der Waals surface area contributed by atoms with E-state index in [0.717, 1.165) is 5.56 Å². The van der Waals surface area contributed by atoms with Crippen molar-refractivity contribution < 1.29 is 14.0 Å². The largest absolute Gasteiger partial charge is 0.466 e. The molecule has 28 heavy (non-hydrogen) atoms. The second kappa shape index (κ2) is 10.4. The van der Waals surface area contributed by atoms with Crippen LogP contribution in [0.2, 0.25) is 18.1 Å². The topological polar surface area (TPSA) is 62.6 Å². The highest BCUT2D eigenvalue weighted by Crippen LogP contribution is 2.39. The third-order valence-electron chi connectivity index (χ3n) is 5.42. The lowest BCUT2D eigenvalue weighted by Crippen LogP contribution is -2.44. The van der Waals surface area contributed by atoms with E-state index < -0.39 is 8.32 Å². The number of esters is 1. The zero-order valence-electron chi connectivity index (χ0n) is 18.2. The summed E-state index contributed by atoms with van der Waals surface area (Å²) in [4.78, 5) is 13.1. The number of rotatable bonds is 9. The normalized spacial score (nSPS) is 14.4. The molecule has 0 spiro atoms. The number of nitriles is 1. The van der Waals surface area contributed by atoms with Gasteiger partial charge in [-0.05, 0) is 36.5 Å². The fourth-order valence-corrected chi connectivity index (χ4v) is 4.06. The number of hydrogen-bond acceptors (Lipinski definition) is 5. The summed E-state index contributed by atoms with van der Waals surface area (Å²) in [5, 5.41) is 9.56. The molecule has 154 valence electrons. The van der Waals surface area contributed by atoms with Gasteiger partial charge in [0.2, 0.25) is 0 Å². The molecule has 1 rings (SSSR count). The molecule has 0 unspecified atom stereocenters. The molecule has 0 heterocycles. The molecule has 0 saturated heterocycles. The molecule has 1 aromatic rings. The Kier molecular flexibility index (Phi) is 8.93. The van der Waals surface area contributed by atoms with Crippen molar-refractivity contribution in [1.29, 1.82) is 5.26 Å². The monoisotopic (exact) mass is 402 g/mol. The first-order valence-electron chi connectivity index (χ1n) is 9.61. The summed E-state index contributed by atoms with van der Waals surface area (Å²) in [7, 11) is 1.14. The van der Waals surface area contributed by atoms with Crippen LogP contribution >= 0.6 is 0 Å². The predicted molar refractivity (Wildman–Crippen MR) is 115 cm³/mol. The Hall–Kier alpha value is -2.10. The van der Waals surface area contributed by atoms with Gasteiger partial charge in [0.15, 0.2) is 14.5 Å². The number of ether oxygens (including phenoxy) is 1. The van der Waals surface area contributed by atoms with Crippen molar-refractivity contribution in [3.8, 4) is 6.19 Å². The van der Waals surface area contributed by atoms with Crippen molar-refractivity contribution in [2.24, 2.45) is 0 Å². The van der Waals surface area contributed by atoms with Crippen LogP contribution in [0.5, 0.6) is 0 Å². The first-order chi connectivity index (χ1) is 13.0. The van der Waals surface area contributed by atoms with Crippen LogP contribution in [0.1, 0.15) is 45.2 Å². The fraction of sp³-hybridized carbons (Fsp3) is 0.545. The average molecular weight is 403 g/mol. The van der Waals surface area contributed by atoms with Crippen molar-refractivity contribution in [2.75, 3.05) is 14.2 Å². The van der Waals surface area contributed by atoms with Crippen LogP contribution in [0.15, 0.2) is 42.5 Å². The van der Waals surface area contributed by atoms with Crippen LogP contribution in [0.3, 0.4) is 0 Å². The highest BCUT2D eigenvalue weighted by atomic mass is 28.4. The summed E-state index contributed by atoms with van der Waals surface area (Å²) in [5.41, 5.74) is 1.08. The third kappa shape index (κ3) is 7.14. The molecule has 2 atom stereocenters. The Balaban J connectivity index is 3.12. The van der Waals surface area contributed by atoms with E-state index in [1.54, 1.807) is 18.0 Å². The fourth-order valence-electron chi connectivity index (χ4n) is 2.68. The van der Waals surface area contributed by atoms with E-state index in [-0.39, 0.29) is 23.2 Å². The average Bonchev–Trinajstić information content (AvgIpc) is 2.64. The van der Waals surface area contributed by atoms with E-state index in [1.807, 2.05) is 30.3 Å². The van der Waals surface area contributed by atoms with E-state index in [0.29, 0.717) is 12.8 Å². The number of methoxy groups -OCH3 is 1. The minimum Gasteiger partial charge on any atom is -0.466 e. The van der Waals surface area contributed by atoms with E-state index >= 15 is 0 Å². The van der Waals surface area contributed by atoms with Gasteiger partial charge in [0.05, 0.1) is 19.3 Å². The van der Waals surface area contributed by atoms with Gasteiger partial charge in [-0.1, -0.05) is 57.2 Å². The maximum absolute atomic E-state index is 11.4. The molecule has 0 bridgehead atoms. The summed E-state index contributed by atoms with van der Waals surface area (Å²) in [6, 6.07) is 9.91. The molecular weight excluding hydrogens is 368 g/mol. The summed E-state index contributed by atoms with van der Waals surface area (Å²) in [5.74, 6) is -0.375. The maximum Gasteiger partial charge on any atom is 0.330 e. The lowest BCUT2D eigenvalue weighted by Gasteiger charge is -2.40. The summed E-state index contributed by atoms with van der Waals surface area (Å²) >= 11 is 0. The molecule has 0 aliphatic rings. The van der Waals surface area contributed by atoms with Crippen LogP contribution < -0.4 is 0 Å². The number of carbonyl (C=O) groups excluding carboxylic acids is 1. The SMILES string of the molecule is COC(=O)/C=C\C[C@@H](C[C@H](c1ccccc1)N(C)C#N)O[Si](C)(C)C(C)(C)C. The molecule has 6 heteroatoms. The molecule has 0 radical (unpaired) electrons. The van der Waals surface area contributed by atoms with Crippen LogP contribution in [0.25, 0.3) is 0 Å². The molecule has 0 amide bonds. The summed E-state index contributed by atoms with van der Waals surface area (Å²) in [6.07, 6.45) is 6.62. The maximum atomic E-state index is 11.4. The molecule has 0 N–H and O–H groups in total. The Morgan fingerprint density at radius 2 is 1.89 bits per heavy atom. The second-order valence-electron chi connectivity index (χ2n) is 8.53. The van der Waals surface area contributed by atoms with Gasteiger partial charge in [-0.25, -0.2) is 4.79 Å². The van der Waals surface area contributed by atoms with Gasteiger partial charge in [-0.15, -0.1) is 0 Å². The summed E-state index contributed by atoms with van der Waals surface area (Å²) < 4.78 is 11.3. The van der Waals surface area contributed by atoms with Gasteiger partial charge in [-0.2, -0.15) is 5.26 Å². The standard InChI is InChI=1S/C22H34N2O3Si/c1-22(2,3)28(6,7)27-19(14-11-15-21(25)26-5)16-20(24(4)17-23)18-12-9-8-10-13-18/h8-13,15,19-20H,14,16H2,1-7H3/b15-11-/t19-,20+/m0/s1. The van der Waals surface area contributed by atoms with Gasteiger partial charge < -0.3 is 14.1 Å². The Bertz CT molecular complexity index is 690. The first kappa shape index (κ1) is 23.9. The Morgan fingerprint density at radius 3 is 2.39 bits per heavy atom. The van der Waals surface area contributed by atoms with Crippen molar-refractivity contribution in [2.45, 2.75) is 63.9 Å². The lowest BCUT2D eigenvalue weighted by molar-refractivity contribution is -0.134. The highest BCUT2D eigenvalue weighted by Gasteiger charge is 2.39. The zero-order valence-corrected chi connectivity index (χ0v) is 19.2. The van der Waals surface area contributed by atoms with Crippen molar-refractivity contribution in [3.63, 3.8) is 0 Å². The zero-order chi connectivity index (χ0) is 21.4. The van der Waals surface area contributed by atoms with Gasteiger partial charge in [0.1, 0.15) is 0 Å². The molecule has 0 aromatic heterocycles. The molecule has 0 aliphatic carbocycles. The smallest absolute Gasteiger partial charge is 0.330 e. The number of hydrogen-bond donors (Lipinski definition) is 0. The van der Waals surface area contributed by atoms with Gasteiger partial charge >= 0.3 is 5.97 Å². The van der Waals surface area contributed by atoms with Gasteiger partial charge in [0, 0.05) is 13.1 Å². The number of nitrogens with zero attached hydrogens (tertiary/aromatic N) is 2. The van der Waals surface area contributed by atoms with Gasteiger partial charge in [-0.3, -0.25) is 0 Å². The van der Waals surface area contributed by atoms with Crippen molar-refractivity contribution in [3.05, 3.63) is 48.0 Å². The molecule has 5 nitrogen and oxygen atoms in total. The lowest BCUT2D eigenvalue weighted by atomic mass is 9.98. The van der Waals surface area contributed by atoms with E-state index in [4.69, 9.17) is 4.43 Å². The van der Waals surface area contributed by atoms with Gasteiger partial charge in [0.25, 0.3) is 0 Å². The summed E-state index contributed by atoms with van der Waals surface area (Å²) in [6.45, 7) is 11.1. The van der Waals surface area contributed by atoms with Crippen LogP contribution in [-0.4, -0.2) is 39.4 Å². The number of benzene rings is 1. The molecular formula is C22H34N2O3Si. The minimum atomic E-state index is -2.02. The quantitative estimate of drug-likeness (QED) is 0.190. The molecule has 0 aliphatic heterocycles. The molecule has 1 aromatic carbocycles. The van der Waals surface area contributed by atoms with Crippen molar-refractivity contribution >= 4 is 14.3 Å².